The monoisotopic (exact) mass is 317 g/mol. The molecule has 10 heteroatoms. The molecule has 10 nitrogen and oxygen atoms in total. The Morgan fingerprint density at radius 3 is 2.96 bits per heavy atom. The standard InChI is InChI=1S/C13H15N7O3/c21-11-3-1-9(17-11)13(23)15-5-6-19-12(22)4-2-10(18-19)20-8-14-7-16-20/h2,4,7-9H,1,3,5-6H2,(H,15,23)(H,17,21). The summed E-state index contributed by atoms with van der Waals surface area (Å²) in [4.78, 5) is 38.6. The molecule has 3 heterocycles. The van der Waals surface area contributed by atoms with Gasteiger partial charge in [0, 0.05) is 19.0 Å². The van der Waals surface area contributed by atoms with E-state index in [4.69, 9.17) is 0 Å². The van der Waals surface area contributed by atoms with Gasteiger partial charge in [0.2, 0.25) is 11.8 Å². The van der Waals surface area contributed by atoms with E-state index >= 15 is 0 Å². The zero-order valence-corrected chi connectivity index (χ0v) is 12.2. The fraction of sp³-hybridized carbons (Fsp3) is 0.385. The van der Waals surface area contributed by atoms with Crippen LogP contribution in [-0.2, 0) is 16.1 Å². The molecule has 2 N–H and O–H groups in total. The Morgan fingerprint density at radius 2 is 2.26 bits per heavy atom. The van der Waals surface area contributed by atoms with Crippen LogP contribution >= 0.6 is 0 Å². The van der Waals surface area contributed by atoms with E-state index in [2.05, 4.69) is 25.8 Å². The van der Waals surface area contributed by atoms with Crippen LogP contribution in [0.4, 0.5) is 0 Å². The largest absolute Gasteiger partial charge is 0.352 e. The predicted octanol–water partition coefficient (Wildman–Crippen LogP) is -1.78. The first-order chi connectivity index (χ1) is 11.1. The fourth-order valence-corrected chi connectivity index (χ4v) is 2.27. The first-order valence-corrected chi connectivity index (χ1v) is 7.14. The van der Waals surface area contributed by atoms with Gasteiger partial charge in [0.15, 0.2) is 5.82 Å². The Kier molecular flexibility index (Phi) is 4.13. The maximum atomic E-state index is 11.9. The number of amides is 2. The molecule has 0 radical (unpaired) electrons. The topological polar surface area (TPSA) is 124 Å². The molecule has 3 rings (SSSR count). The highest BCUT2D eigenvalue weighted by atomic mass is 16.2. The summed E-state index contributed by atoms with van der Waals surface area (Å²) in [6, 6.07) is 2.43. The van der Waals surface area contributed by atoms with Gasteiger partial charge >= 0.3 is 0 Å². The smallest absolute Gasteiger partial charge is 0.266 e. The molecule has 1 atom stereocenters. The van der Waals surface area contributed by atoms with Gasteiger partial charge in [-0.15, -0.1) is 5.10 Å². The zero-order chi connectivity index (χ0) is 16.2. The van der Waals surface area contributed by atoms with Crippen molar-refractivity contribution in [2.75, 3.05) is 6.54 Å². The fourth-order valence-electron chi connectivity index (χ4n) is 2.27. The van der Waals surface area contributed by atoms with Gasteiger partial charge < -0.3 is 10.6 Å². The van der Waals surface area contributed by atoms with Crippen molar-refractivity contribution in [3.63, 3.8) is 0 Å². The van der Waals surface area contributed by atoms with E-state index in [0.717, 1.165) is 0 Å². The third-order valence-electron chi connectivity index (χ3n) is 3.44. The molecule has 0 aliphatic carbocycles. The third-order valence-corrected chi connectivity index (χ3v) is 3.44. The minimum absolute atomic E-state index is 0.122. The molecule has 1 saturated heterocycles. The summed E-state index contributed by atoms with van der Waals surface area (Å²) in [6.45, 7) is 0.451. The van der Waals surface area contributed by atoms with Crippen molar-refractivity contribution in [3.05, 3.63) is 35.1 Å². The Hall–Kier alpha value is -3.04. The Labute approximate surface area is 130 Å². The molecule has 0 spiro atoms. The Bertz CT molecular complexity index is 768. The van der Waals surface area contributed by atoms with Gasteiger partial charge in [0.05, 0.1) is 6.54 Å². The molecular weight excluding hydrogens is 302 g/mol. The summed E-state index contributed by atoms with van der Waals surface area (Å²) in [5, 5.41) is 13.4. The lowest BCUT2D eigenvalue weighted by atomic mass is 10.2. The minimum Gasteiger partial charge on any atom is -0.352 e. The number of hydrogen-bond acceptors (Lipinski definition) is 6. The third kappa shape index (κ3) is 3.42. The molecule has 0 aromatic carbocycles. The lowest BCUT2D eigenvalue weighted by Gasteiger charge is -2.11. The summed E-state index contributed by atoms with van der Waals surface area (Å²) >= 11 is 0. The summed E-state index contributed by atoms with van der Waals surface area (Å²) in [5.41, 5.74) is -0.280. The number of carbonyl (C=O) groups is 2. The summed E-state index contributed by atoms with van der Waals surface area (Å²) < 4.78 is 2.67. The van der Waals surface area contributed by atoms with E-state index in [0.29, 0.717) is 18.7 Å². The molecule has 23 heavy (non-hydrogen) atoms. The second kappa shape index (κ2) is 6.38. The average Bonchev–Trinajstić information content (AvgIpc) is 3.20. The van der Waals surface area contributed by atoms with Crippen LogP contribution in [0.25, 0.3) is 5.82 Å². The lowest BCUT2D eigenvalue weighted by molar-refractivity contribution is -0.125. The summed E-state index contributed by atoms with van der Waals surface area (Å²) in [7, 11) is 0. The SMILES string of the molecule is O=C1CCC(C(=O)NCCn2nc(-n3cncn3)ccc2=O)N1. The van der Waals surface area contributed by atoms with Crippen molar-refractivity contribution < 1.29 is 9.59 Å². The van der Waals surface area contributed by atoms with Gasteiger partial charge in [0.25, 0.3) is 5.56 Å². The van der Waals surface area contributed by atoms with Crippen molar-refractivity contribution in [2.45, 2.75) is 25.4 Å². The molecule has 1 unspecified atom stereocenters. The molecule has 2 amide bonds. The number of rotatable bonds is 5. The quantitative estimate of drug-likeness (QED) is 0.672. The van der Waals surface area contributed by atoms with Gasteiger partial charge in [-0.3, -0.25) is 14.4 Å². The van der Waals surface area contributed by atoms with E-state index in [1.807, 2.05) is 0 Å². The van der Waals surface area contributed by atoms with Crippen LogP contribution in [0, 0.1) is 0 Å². The summed E-state index contributed by atoms with van der Waals surface area (Å²) in [5.74, 6) is 0.0800. The molecule has 0 saturated carbocycles. The predicted molar refractivity (Wildman–Crippen MR) is 77.6 cm³/mol. The highest BCUT2D eigenvalue weighted by molar-refractivity contribution is 5.90. The van der Waals surface area contributed by atoms with Crippen LogP contribution in [0.1, 0.15) is 12.8 Å². The number of nitrogens with zero attached hydrogens (tertiary/aromatic N) is 5. The molecule has 2 aromatic heterocycles. The number of aromatic nitrogens is 5. The first kappa shape index (κ1) is 14.9. The van der Waals surface area contributed by atoms with Crippen molar-refractivity contribution in [2.24, 2.45) is 0 Å². The summed E-state index contributed by atoms with van der Waals surface area (Å²) in [6.07, 6.45) is 3.69. The minimum atomic E-state index is -0.492. The number of hydrogen-bond donors (Lipinski definition) is 2. The van der Waals surface area contributed by atoms with Crippen LogP contribution < -0.4 is 16.2 Å². The average molecular weight is 317 g/mol. The molecule has 120 valence electrons. The molecule has 1 aliphatic rings. The van der Waals surface area contributed by atoms with Crippen molar-refractivity contribution in [3.8, 4) is 5.82 Å². The Morgan fingerprint density at radius 1 is 1.39 bits per heavy atom. The second-order valence-corrected chi connectivity index (χ2v) is 5.04. The van der Waals surface area contributed by atoms with Crippen molar-refractivity contribution in [1.82, 2.24) is 35.2 Å². The number of nitrogens with one attached hydrogen (secondary N) is 2. The maximum absolute atomic E-state index is 11.9. The molecule has 0 bridgehead atoms. The van der Waals surface area contributed by atoms with Crippen LogP contribution in [0.3, 0.4) is 0 Å². The zero-order valence-electron chi connectivity index (χ0n) is 12.2. The molecular formula is C13H15N7O3. The molecule has 1 aliphatic heterocycles. The van der Waals surface area contributed by atoms with E-state index in [1.165, 1.54) is 28.1 Å². The van der Waals surface area contributed by atoms with E-state index in [1.54, 1.807) is 6.07 Å². The highest BCUT2D eigenvalue weighted by Crippen LogP contribution is 2.05. The van der Waals surface area contributed by atoms with Crippen LogP contribution in [0.5, 0.6) is 0 Å². The van der Waals surface area contributed by atoms with Crippen LogP contribution in [0.2, 0.25) is 0 Å². The molecule has 1 fully saturated rings. The van der Waals surface area contributed by atoms with Crippen molar-refractivity contribution >= 4 is 11.8 Å². The highest BCUT2D eigenvalue weighted by Gasteiger charge is 2.26. The van der Waals surface area contributed by atoms with E-state index in [-0.39, 0.29) is 30.5 Å². The van der Waals surface area contributed by atoms with E-state index in [9.17, 15) is 14.4 Å². The normalized spacial score (nSPS) is 17.0. The number of carbonyl (C=O) groups excluding carboxylic acids is 2. The van der Waals surface area contributed by atoms with Crippen molar-refractivity contribution in [1.29, 1.82) is 0 Å². The Balaban J connectivity index is 1.60. The molecule has 2 aromatic rings. The van der Waals surface area contributed by atoms with Gasteiger partial charge in [-0.05, 0) is 12.5 Å². The van der Waals surface area contributed by atoms with Gasteiger partial charge in [0.1, 0.15) is 18.7 Å². The van der Waals surface area contributed by atoms with Gasteiger partial charge in [-0.1, -0.05) is 0 Å². The van der Waals surface area contributed by atoms with Crippen LogP contribution in [-0.4, -0.2) is 48.9 Å². The maximum Gasteiger partial charge on any atom is 0.266 e. The van der Waals surface area contributed by atoms with Crippen LogP contribution in [0.15, 0.2) is 29.6 Å². The lowest BCUT2D eigenvalue weighted by Crippen LogP contribution is -2.43. The van der Waals surface area contributed by atoms with Gasteiger partial charge in [-0.25, -0.2) is 14.3 Å². The second-order valence-electron chi connectivity index (χ2n) is 5.04. The van der Waals surface area contributed by atoms with E-state index < -0.39 is 6.04 Å². The van der Waals surface area contributed by atoms with Gasteiger partial charge in [-0.2, -0.15) is 5.10 Å². The first-order valence-electron chi connectivity index (χ1n) is 7.14.